The third-order valence-electron chi connectivity index (χ3n) is 6.06. The number of esters is 1. The first kappa shape index (κ1) is 25.4. The second kappa shape index (κ2) is 10.5. The fourth-order valence-corrected chi connectivity index (χ4v) is 5.76. The van der Waals surface area contributed by atoms with Crippen molar-refractivity contribution in [1.29, 1.82) is 5.26 Å². The van der Waals surface area contributed by atoms with Crippen LogP contribution in [0.5, 0.6) is 0 Å². The van der Waals surface area contributed by atoms with Gasteiger partial charge in [-0.2, -0.15) is 5.26 Å². The van der Waals surface area contributed by atoms with Gasteiger partial charge in [-0.25, -0.2) is 0 Å². The summed E-state index contributed by atoms with van der Waals surface area (Å²) in [5, 5.41) is 12.7. The first-order valence-corrected chi connectivity index (χ1v) is 12.4. The fraction of sp³-hybridized carbons (Fsp3) is 0.231. The number of amides is 2. The van der Waals surface area contributed by atoms with Crippen molar-refractivity contribution in [3.05, 3.63) is 86.7 Å². The minimum absolute atomic E-state index is 0.0194. The van der Waals surface area contributed by atoms with Crippen LogP contribution in [0.4, 0.5) is 5.69 Å². The van der Waals surface area contributed by atoms with Crippen molar-refractivity contribution in [1.82, 2.24) is 4.90 Å². The molecule has 3 N–H and O–H groups in total. The van der Waals surface area contributed by atoms with Crippen LogP contribution in [0.3, 0.4) is 0 Å². The van der Waals surface area contributed by atoms with Crippen LogP contribution in [0, 0.1) is 11.3 Å². The molecule has 184 valence electrons. The number of anilines is 1. The van der Waals surface area contributed by atoms with Gasteiger partial charge < -0.3 is 15.8 Å². The molecule has 2 atom stereocenters. The number of nitrogens with two attached hydrogens (primary N) is 1. The van der Waals surface area contributed by atoms with Crippen molar-refractivity contribution in [3.63, 3.8) is 0 Å². The first-order chi connectivity index (χ1) is 17.3. The minimum atomic E-state index is -0.915. The van der Waals surface area contributed by atoms with E-state index in [0.29, 0.717) is 16.3 Å². The van der Waals surface area contributed by atoms with E-state index in [0.717, 1.165) is 28.6 Å². The van der Waals surface area contributed by atoms with Gasteiger partial charge in [-0.1, -0.05) is 60.6 Å². The number of nitrogens with zero attached hydrogens (tertiary/aromatic N) is 2. The number of hydrogen-bond donors (Lipinski definition) is 2. The van der Waals surface area contributed by atoms with E-state index in [1.165, 1.54) is 7.11 Å². The van der Waals surface area contributed by atoms with Gasteiger partial charge in [0.1, 0.15) is 11.1 Å². The highest BCUT2D eigenvalue weighted by atomic mass is 35.5. The van der Waals surface area contributed by atoms with E-state index in [1.54, 1.807) is 36.4 Å². The predicted octanol–water partition coefficient (Wildman–Crippen LogP) is 4.05. The summed E-state index contributed by atoms with van der Waals surface area (Å²) in [5.41, 5.74) is 8.67. The molecule has 1 fully saturated rings. The maximum atomic E-state index is 13.8. The molecular formula is C26H23ClN4O4S. The number of carbonyl (C=O) groups is 3. The summed E-state index contributed by atoms with van der Waals surface area (Å²) in [5.74, 6) is -2.59. The zero-order valence-electron chi connectivity index (χ0n) is 19.6. The number of aryl methyl sites for hydroxylation is 1. The zero-order valence-corrected chi connectivity index (χ0v) is 21.2. The molecule has 0 radical (unpaired) electrons. The van der Waals surface area contributed by atoms with Crippen LogP contribution in [-0.4, -0.2) is 35.0 Å². The van der Waals surface area contributed by atoms with Crippen LogP contribution in [0.2, 0.25) is 5.02 Å². The monoisotopic (exact) mass is 522 g/mol. The van der Waals surface area contributed by atoms with E-state index >= 15 is 0 Å². The number of thioether (sulfide) groups is 1. The van der Waals surface area contributed by atoms with Crippen LogP contribution in [0.1, 0.15) is 30.4 Å². The number of nitrogens with one attached hydrogen (secondary N) is 1. The molecule has 0 unspecified atom stereocenters. The molecule has 0 spiro atoms. The molecule has 0 aliphatic carbocycles. The van der Waals surface area contributed by atoms with Crippen LogP contribution >= 0.6 is 23.4 Å². The highest BCUT2D eigenvalue weighted by Crippen LogP contribution is 2.50. The number of halogens is 1. The van der Waals surface area contributed by atoms with E-state index in [2.05, 4.69) is 11.4 Å². The van der Waals surface area contributed by atoms with Crippen LogP contribution in [0.25, 0.3) is 0 Å². The van der Waals surface area contributed by atoms with Gasteiger partial charge in [-0.3, -0.25) is 19.3 Å². The molecular weight excluding hydrogens is 500 g/mol. The predicted molar refractivity (Wildman–Crippen MR) is 137 cm³/mol. The van der Waals surface area contributed by atoms with Gasteiger partial charge in [0.25, 0.3) is 5.91 Å². The topological polar surface area (TPSA) is 126 Å². The number of fused-ring (bicyclic) bond motifs is 1. The van der Waals surface area contributed by atoms with Crippen LogP contribution < -0.4 is 11.1 Å². The Morgan fingerprint density at radius 3 is 2.53 bits per heavy atom. The van der Waals surface area contributed by atoms with Crippen molar-refractivity contribution in [2.45, 2.75) is 30.9 Å². The molecule has 0 bridgehead atoms. The summed E-state index contributed by atoms with van der Waals surface area (Å²) >= 11 is 7.55. The lowest BCUT2D eigenvalue weighted by atomic mass is 9.82. The minimum Gasteiger partial charge on any atom is -0.469 e. The molecule has 2 aromatic carbocycles. The number of nitriles is 1. The van der Waals surface area contributed by atoms with Gasteiger partial charge in [0.05, 0.1) is 41.7 Å². The van der Waals surface area contributed by atoms with Gasteiger partial charge in [0.15, 0.2) is 0 Å². The van der Waals surface area contributed by atoms with Crippen LogP contribution in [0.15, 0.2) is 70.5 Å². The number of hydrogen-bond acceptors (Lipinski definition) is 7. The Labute approximate surface area is 217 Å². The number of carbonyl (C=O) groups excluding carboxylic acids is 3. The zero-order chi connectivity index (χ0) is 26.0. The molecule has 1 saturated heterocycles. The smallest absolute Gasteiger partial charge is 0.307 e. The van der Waals surface area contributed by atoms with E-state index < -0.39 is 29.0 Å². The Morgan fingerprint density at radius 2 is 1.92 bits per heavy atom. The molecule has 0 aromatic heterocycles. The Balaban J connectivity index is 1.86. The highest BCUT2D eigenvalue weighted by Gasteiger charge is 2.48. The molecule has 2 amide bonds. The second-order valence-electron chi connectivity index (χ2n) is 8.15. The molecule has 2 aromatic rings. The summed E-state index contributed by atoms with van der Waals surface area (Å²) in [6.07, 6.45) is 0.641. The van der Waals surface area contributed by atoms with Gasteiger partial charge >= 0.3 is 5.97 Å². The molecule has 4 rings (SSSR count). The number of ether oxygens (including phenoxy) is 1. The standard InChI is InChI=1S/C26H23ClN4O4S/c1-3-14-8-10-15(11-9-14)30-24(33)22-21(16-6-4-5-7-18(16)27)17(13-28)23(29)31-25(34)19(36-26(22)31)12-20(32)35-2/h4-11,19,21H,3,12,29H2,1-2H3,(H,30,33)/t19-,21-/m1/s1. The summed E-state index contributed by atoms with van der Waals surface area (Å²) in [6, 6.07) is 16.3. The van der Waals surface area contributed by atoms with E-state index in [-0.39, 0.29) is 28.4 Å². The summed E-state index contributed by atoms with van der Waals surface area (Å²) < 4.78 is 4.73. The van der Waals surface area contributed by atoms with Gasteiger partial charge in [0.2, 0.25) is 5.91 Å². The SMILES string of the molecule is CCc1ccc(NC(=O)C2=C3S[C@H](CC(=O)OC)C(=O)N3C(N)=C(C#N)[C@H]2c2ccccc2Cl)cc1. The molecule has 36 heavy (non-hydrogen) atoms. The van der Waals surface area contributed by atoms with Crippen molar-refractivity contribution in [2.75, 3.05) is 12.4 Å². The Hall–Kier alpha value is -3.74. The van der Waals surface area contributed by atoms with Gasteiger partial charge in [-0.05, 0) is 35.7 Å². The molecule has 2 aliphatic heterocycles. The Kier molecular flexibility index (Phi) is 7.38. The number of allylic oxidation sites excluding steroid dienone is 1. The Bertz CT molecular complexity index is 1350. The maximum Gasteiger partial charge on any atom is 0.307 e. The summed E-state index contributed by atoms with van der Waals surface area (Å²) in [4.78, 5) is 40.1. The summed E-state index contributed by atoms with van der Waals surface area (Å²) in [7, 11) is 1.23. The van der Waals surface area contributed by atoms with E-state index in [1.807, 2.05) is 19.1 Å². The normalized spacial score (nSPS) is 19.2. The fourth-order valence-electron chi connectivity index (χ4n) is 4.19. The third-order valence-corrected chi connectivity index (χ3v) is 7.68. The average molecular weight is 523 g/mol. The molecule has 8 nitrogen and oxygen atoms in total. The molecule has 2 heterocycles. The van der Waals surface area contributed by atoms with Crippen LogP contribution in [-0.2, 0) is 25.5 Å². The number of rotatable bonds is 6. The van der Waals surface area contributed by atoms with Gasteiger partial charge in [-0.15, -0.1) is 0 Å². The summed E-state index contributed by atoms with van der Waals surface area (Å²) in [6.45, 7) is 2.03. The highest BCUT2D eigenvalue weighted by molar-refractivity contribution is 8.04. The largest absolute Gasteiger partial charge is 0.469 e. The lowest BCUT2D eigenvalue weighted by Crippen LogP contribution is -2.39. The van der Waals surface area contributed by atoms with Crippen molar-refractivity contribution >= 4 is 46.8 Å². The second-order valence-corrected chi connectivity index (χ2v) is 9.75. The Morgan fingerprint density at radius 1 is 1.22 bits per heavy atom. The lowest BCUT2D eigenvalue weighted by Gasteiger charge is -2.32. The first-order valence-electron chi connectivity index (χ1n) is 11.2. The van der Waals surface area contributed by atoms with E-state index in [9.17, 15) is 19.6 Å². The maximum absolute atomic E-state index is 13.8. The molecule has 10 heteroatoms. The number of benzene rings is 2. The third kappa shape index (κ3) is 4.57. The van der Waals surface area contributed by atoms with E-state index in [4.69, 9.17) is 22.1 Å². The van der Waals surface area contributed by atoms with Crippen molar-refractivity contribution in [3.8, 4) is 6.07 Å². The molecule has 0 saturated carbocycles. The average Bonchev–Trinajstić information content (AvgIpc) is 3.20. The molecule has 2 aliphatic rings. The van der Waals surface area contributed by atoms with Gasteiger partial charge in [0, 0.05) is 10.7 Å². The quantitative estimate of drug-likeness (QED) is 0.548. The van der Waals surface area contributed by atoms with Crippen molar-refractivity contribution < 1.29 is 19.1 Å². The number of methoxy groups -OCH3 is 1. The van der Waals surface area contributed by atoms with Crippen molar-refractivity contribution in [2.24, 2.45) is 5.73 Å². The lowest BCUT2D eigenvalue weighted by molar-refractivity contribution is -0.142.